The van der Waals surface area contributed by atoms with Gasteiger partial charge >= 0.3 is 27.6 Å². The van der Waals surface area contributed by atoms with Crippen LogP contribution in [0.25, 0.3) is 0 Å². The Morgan fingerprint density at radius 3 is 1.53 bits per heavy atom. The van der Waals surface area contributed by atoms with Crippen LogP contribution in [0.1, 0.15) is 148 Å². The Hall–Kier alpha value is -2.34. The first kappa shape index (κ1) is 59.7. The van der Waals surface area contributed by atoms with E-state index in [1.54, 1.807) is 0 Å². The highest BCUT2D eigenvalue weighted by Gasteiger charge is 2.54. The predicted molar refractivity (Wildman–Crippen MR) is 242 cm³/mol. The van der Waals surface area contributed by atoms with Crippen LogP contribution in [-0.4, -0.2) is 115 Å². The largest absolute Gasteiger partial charge is 0.472 e. The van der Waals surface area contributed by atoms with E-state index < -0.39 is 83.5 Å². The van der Waals surface area contributed by atoms with Crippen molar-refractivity contribution >= 4 is 27.6 Å². The third-order valence-electron chi connectivity index (χ3n) is 10.1. The number of hydrogen-bond acceptors (Lipinski definition) is 14. The summed E-state index contributed by atoms with van der Waals surface area (Å²) in [6, 6.07) is 0. The first-order chi connectivity index (χ1) is 30.6. The zero-order chi connectivity index (χ0) is 47.5. The molecular formula is C45H78O17P2. The lowest BCUT2D eigenvalue weighted by atomic mass is 9.85. The summed E-state index contributed by atoms with van der Waals surface area (Å²) in [5, 5.41) is 50.0. The standard InChI is InChI=1S/C45H78O17P2/c1-2-3-4-5-6-7-8-14-18-21-24-27-30-33-39(48)60-37(36-59-64(56,57)62-45-42(51)40(49)41(50)44(43(45)52)61-63(53,54)55)35-58-38(47)32-29-26-23-20-17-15-12-10-9-11-13-16-19-22-25-28-31-34-46/h7-9,11-12,15-16,19-20,23,37,40-46,49-52H,2-6,10,13-14,17-18,21-22,24-36H2,1H3,(H,56,57)(H2,53,54,55)/b8-7-,11-9-,15-12-,19-16-,23-20-/t37-,40?,41?,42?,43?,44-,45+/m1/s1. The molecule has 0 aliphatic heterocycles. The van der Waals surface area contributed by atoms with Crippen LogP contribution in [-0.2, 0) is 41.8 Å². The van der Waals surface area contributed by atoms with Crippen LogP contribution in [0.5, 0.6) is 0 Å². The quantitative estimate of drug-likeness (QED) is 0.0131. The average Bonchev–Trinajstić information content (AvgIpc) is 3.25. The normalized spacial score (nSPS) is 22.3. The van der Waals surface area contributed by atoms with Gasteiger partial charge in [-0.25, -0.2) is 9.13 Å². The van der Waals surface area contributed by atoms with E-state index in [0.29, 0.717) is 19.3 Å². The van der Waals surface area contributed by atoms with Crippen LogP contribution < -0.4 is 0 Å². The third kappa shape index (κ3) is 30.8. The van der Waals surface area contributed by atoms with Gasteiger partial charge in [-0.3, -0.25) is 23.2 Å². The zero-order valence-electron chi connectivity index (χ0n) is 37.6. The van der Waals surface area contributed by atoms with Crippen molar-refractivity contribution in [3.8, 4) is 0 Å². The van der Waals surface area contributed by atoms with Crippen molar-refractivity contribution in [1.29, 1.82) is 0 Å². The number of hydrogen-bond donors (Lipinski definition) is 8. The molecule has 1 aliphatic rings. The number of esters is 2. The molecule has 0 radical (unpaired) electrons. The zero-order valence-corrected chi connectivity index (χ0v) is 39.4. The summed E-state index contributed by atoms with van der Waals surface area (Å²) in [6.07, 6.45) is 24.9. The van der Waals surface area contributed by atoms with Gasteiger partial charge in [0.25, 0.3) is 0 Å². The van der Waals surface area contributed by atoms with E-state index in [2.05, 4.69) is 54.0 Å². The van der Waals surface area contributed by atoms with Crippen LogP contribution >= 0.6 is 15.6 Å². The topological polar surface area (TPSA) is 276 Å². The van der Waals surface area contributed by atoms with E-state index in [1.165, 1.54) is 25.7 Å². The lowest BCUT2D eigenvalue weighted by Gasteiger charge is -2.43. The molecule has 17 nitrogen and oxygen atoms in total. The molecule has 0 bridgehead atoms. The molecule has 1 saturated carbocycles. The fraction of sp³-hybridized carbons (Fsp3) is 0.733. The van der Waals surface area contributed by atoms with Crippen molar-refractivity contribution in [2.24, 2.45) is 0 Å². The van der Waals surface area contributed by atoms with Crippen molar-refractivity contribution in [2.45, 2.75) is 191 Å². The monoisotopic (exact) mass is 952 g/mol. The second-order valence-electron chi connectivity index (χ2n) is 15.8. The Balaban J connectivity index is 2.64. The van der Waals surface area contributed by atoms with Crippen LogP contribution in [0.3, 0.4) is 0 Å². The van der Waals surface area contributed by atoms with Gasteiger partial charge in [0.1, 0.15) is 43.2 Å². The number of phosphoric acid groups is 2. The molecule has 5 unspecified atom stereocenters. The fourth-order valence-electron chi connectivity index (χ4n) is 6.52. The molecule has 0 heterocycles. The lowest BCUT2D eigenvalue weighted by molar-refractivity contribution is -0.216. The number of aliphatic hydroxyl groups is 5. The van der Waals surface area contributed by atoms with Gasteiger partial charge in [0, 0.05) is 19.4 Å². The number of aliphatic hydroxyl groups excluding tert-OH is 5. The first-order valence-electron chi connectivity index (χ1n) is 22.9. The Bertz CT molecular complexity index is 1480. The fourth-order valence-corrected chi connectivity index (χ4v) is 8.06. The first-order valence-corrected chi connectivity index (χ1v) is 26.0. The summed E-state index contributed by atoms with van der Waals surface area (Å²) in [7, 11) is -10.7. The highest BCUT2D eigenvalue weighted by atomic mass is 31.2. The Kier molecular flexibility index (Phi) is 34.3. The molecule has 1 rings (SSSR count). The molecule has 8 N–H and O–H groups in total. The molecule has 0 aromatic carbocycles. The van der Waals surface area contributed by atoms with E-state index in [0.717, 1.165) is 83.5 Å². The summed E-state index contributed by atoms with van der Waals surface area (Å²) in [6.45, 7) is 1.03. The maximum Gasteiger partial charge on any atom is 0.472 e. The van der Waals surface area contributed by atoms with Gasteiger partial charge in [-0.15, -0.1) is 0 Å². The molecule has 64 heavy (non-hydrogen) atoms. The number of ether oxygens (including phenoxy) is 2. The minimum atomic E-state index is -5.37. The van der Waals surface area contributed by atoms with E-state index in [4.69, 9.17) is 33.4 Å². The predicted octanol–water partition coefficient (Wildman–Crippen LogP) is 7.25. The maximum atomic E-state index is 13.0. The summed E-state index contributed by atoms with van der Waals surface area (Å²) in [5.41, 5.74) is 0. The Morgan fingerprint density at radius 2 is 0.984 bits per heavy atom. The van der Waals surface area contributed by atoms with Crippen molar-refractivity contribution in [3.63, 3.8) is 0 Å². The summed E-state index contributed by atoms with van der Waals surface area (Å²) < 4.78 is 49.2. The molecule has 0 spiro atoms. The van der Waals surface area contributed by atoms with Gasteiger partial charge in [0.2, 0.25) is 0 Å². The van der Waals surface area contributed by atoms with Crippen LogP contribution in [0.4, 0.5) is 0 Å². The second kappa shape index (κ2) is 36.7. The van der Waals surface area contributed by atoms with E-state index in [-0.39, 0.29) is 19.4 Å². The van der Waals surface area contributed by atoms with Crippen LogP contribution in [0.2, 0.25) is 0 Å². The van der Waals surface area contributed by atoms with Crippen LogP contribution in [0, 0.1) is 0 Å². The number of unbranched alkanes of at least 4 members (excludes halogenated alkanes) is 13. The number of carbonyl (C=O) groups is 2. The maximum absolute atomic E-state index is 13.0. The molecule has 0 aromatic rings. The van der Waals surface area contributed by atoms with Crippen molar-refractivity contribution in [3.05, 3.63) is 60.8 Å². The molecular weight excluding hydrogens is 874 g/mol. The molecule has 0 saturated heterocycles. The number of rotatable bonds is 38. The highest BCUT2D eigenvalue weighted by Crippen LogP contribution is 2.49. The van der Waals surface area contributed by atoms with Crippen molar-refractivity contribution < 1.29 is 82.0 Å². The van der Waals surface area contributed by atoms with Gasteiger partial charge < -0.3 is 49.7 Å². The molecule has 0 aromatic heterocycles. The summed E-state index contributed by atoms with van der Waals surface area (Å²) in [5.74, 6) is -1.30. The second-order valence-corrected chi connectivity index (χ2v) is 18.4. The van der Waals surface area contributed by atoms with Gasteiger partial charge in [0.15, 0.2) is 6.10 Å². The van der Waals surface area contributed by atoms with Crippen LogP contribution in [0.15, 0.2) is 60.8 Å². The lowest BCUT2D eigenvalue weighted by Crippen LogP contribution is -2.64. The molecule has 1 fully saturated rings. The van der Waals surface area contributed by atoms with Gasteiger partial charge in [0.05, 0.1) is 6.61 Å². The van der Waals surface area contributed by atoms with Gasteiger partial charge in [-0.2, -0.15) is 0 Å². The summed E-state index contributed by atoms with van der Waals surface area (Å²) >= 11 is 0. The number of allylic oxidation sites excluding steroid dienone is 10. The molecule has 0 amide bonds. The smallest absolute Gasteiger partial charge is 0.462 e. The van der Waals surface area contributed by atoms with Crippen molar-refractivity contribution in [1.82, 2.24) is 0 Å². The highest BCUT2D eigenvalue weighted by molar-refractivity contribution is 7.47. The van der Waals surface area contributed by atoms with Gasteiger partial charge in [-0.05, 0) is 83.5 Å². The number of phosphoric ester groups is 2. The van der Waals surface area contributed by atoms with E-state index in [1.807, 2.05) is 18.2 Å². The van der Waals surface area contributed by atoms with Gasteiger partial charge in [-0.1, -0.05) is 113 Å². The third-order valence-corrected chi connectivity index (χ3v) is 11.6. The minimum Gasteiger partial charge on any atom is -0.462 e. The Labute approximate surface area is 380 Å². The molecule has 19 heteroatoms. The minimum absolute atomic E-state index is 0.0145. The molecule has 8 atom stereocenters. The SMILES string of the molecule is CCCCCC/C=C\CCCCCCCC(=O)O[C@H](COC(=O)CCC/C=C\C/C=C\C/C=C\C/C=C\CCCCCO)COP(=O)(O)O[C@H]1C(O)C(O)C(O)[C@@H](OP(=O)(O)O)C1O. The average molecular weight is 953 g/mol. The van der Waals surface area contributed by atoms with E-state index >= 15 is 0 Å². The molecule has 1 aliphatic carbocycles. The van der Waals surface area contributed by atoms with E-state index in [9.17, 15) is 44.0 Å². The summed E-state index contributed by atoms with van der Waals surface area (Å²) in [4.78, 5) is 54.2. The Morgan fingerprint density at radius 1 is 0.531 bits per heavy atom. The van der Waals surface area contributed by atoms with Crippen molar-refractivity contribution in [2.75, 3.05) is 19.8 Å². The molecule has 370 valence electrons. The number of carbonyl (C=O) groups excluding carboxylic acids is 2.